The third kappa shape index (κ3) is 3.25. The first-order chi connectivity index (χ1) is 26.3. The zero-order valence-corrected chi connectivity index (χ0v) is 32.1. The molecule has 0 amide bonds. The van der Waals surface area contributed by atoms with E-state index in [1.165, 1.54) is 187 Å². The average molecular weight is 704 g/mol. The molecule has 2 aromatic heterocycles. The Morgan fingerprint density at radius 2 is 1.00 bits per heavy atom. The van der Waals surface area contributed by atoms with Gasteiger partial charge in [-0.2, -0.15) is 10.5 Å². The minimum absolute atomic E-state index is 0.130. The average Bonchev–Trinajstić information content (AvgIpc) is 4.05. The van der Waals surface area contributed by atoms with Gasteiger partial charge >= 0.3 is 0 Å². The van der Waals surface area contributed by atoms with Crippen molar-refractivity contribution in [3.05, 3.63) is 87.0 Å². The number of hydrogen-bond donors (Lipinski definition) is 0. The van der Waals surface area contributed by atoms with Gasteiger partial charge in [0.05, 0.1) is 39.8 Å². The molecule has 7 aliphatic rings. The summed E-state index contributed by atoms with van der Waals surface area (Å²) in [5.74, 6) is 0. The molecule has 7 aliphatic carbocycles. The molecule has 4 saturated carbocycles. The van der Waals surface area contributed by atoms with Gasteiger partial charge in [-0.15, -0.1) is 0 Å². The van der Waals surface area contributed by atoms with Crippen molar-refractivity contribution in [2.24, 2.45) is 0 Å². The predicted octanol–water partition coefficient (Wildman–Crippen LogP) is 12.9. The van der Waals surface area contributed by atoms with Crippen LogP contribution in [0.25, 0.3) is 49.2 Å². The zero-order chi connectivity index (χ0) is 36.0. The lowest BCUT2D eigenvalue weighted by Crippen LogP contribution is -2.24. The second kappa shape index (κ2) is 9.72. The van der Waals surface area contributed by atoms with Crippen molar-refractivity contribution in [2.45, 2.75) is 156 Å². The summed E-state index contributed by atoms with van der Waals surface area (Å²) >= 11 is 0. The van der Waals surface area contributed by atoms with E-state index in [1.54, 1.807) is 11.1 Å². The highest BCUT2D eigenvalue weighted by Crippen LogP contribution is 2.68. The Morgan fingerprint density at radius 3 is 1.52 bits per heavy atom. The van der Waals surface area contributed by atoms with Crippen molar-refractivity contribution in [3.63, 3.8) is 0 Å². The van der Waals surface area contributed by atoms with Crippen LogP contribution in [-0.4, -0.2) is 4.40 Å². The van der Waals surface area contributed by atoms with Crippen LogP contribution >= 0.6 is 0 Å². The van der Waals surface area contributed by atoms with Gasteiger partial charge in [-0.3, -0.25) is 0 Å². The van der Waals surface area contributed by atoms with E-state index in [4.69, 9.17) is 0 Å². The number of fused-ring (bicyclic) bond motifs is 18. The molecule has 13 rings (SSSR count). The van der Waals surface area contributed by atoms with Gasteiger partial charge in [-0.1, -0.05) is 89.5 Å². The maximum atomic E-state index is 11.2. The van der Waals surface area contributed by atoms with E-state index >= 15 is 0 Å². The number of rotatable bonds is 0. The van der Waals surface area contributed by atoms with Crippen molar-refractivity contribution in [1.29, 1.82) is 10.5 Å². The minimum atomic E-state index is -0.130. The maximum absolute atomic E-state index is 11.2. The summed E-state index contributed by atoms with van der Waals surface area (Å²) in [7, 11) is 0. The molecule has 6 aromatic rings. The van der Waals surface area contributed by atoms with Crippen molar-refractivity contribution >= 4 is 38.1 Å². The van der Waals surface area contributed by atoms with Crippen molar-refractivity contribution in [1.82, 2.24) is 4.40 Å². The van der Waals surface area contributed by atoms with E-state index < -0.39 is 0 Å². The molecule has 0 atom stereocenters. The van der Waals surface area contributed by atoms with E-state index in [0.717, 1.165) is 11.1 Å². The maximum Gasteiger partial charge on any atom is 0.0995 e. The quantitative estimate of drug-likeness (QED) is 0.158. The van der Waals surface area contributed by atoms with E-state index in [1.807, 2.05) is 0 Å². The fourth-order valence-corrected chi connectivity index (χ4v) is 16.0. The summed E-state index contributed by atoms with van der Waals surface area (Å²) in [6, 6.07) is 22.3. The lowest BCUT2D eigenvalue weighted by atomic mass is 9.74. The first-order valence-corrected chi connectivity index (χ1v) is 21.7. The van der Waals surface area contributed by atoms with Crippen LogP contribution in [0.15, 0.2) is 42.5 Å². The number of aromatic nitrogens is 1. The Morgan fingerprint density at radius 1 is 0.537 bits per heavy atom. The highest BCUT2D eigenvalue weighted by molar-refractivity contribution is 6.30. The van der Waals surface area contributed by atoms with Crippen LogP contribution in [0.4, 0.5) is 0 Å². The molecule has 3 nitrogen and oxygen atoms in total. The summed E-state index contributed by atoms with van der Waals surface area (Å²) < 4.78 is 2.62. The van der Waals surface area contributed by atoms with Crippen LogP contribution in [0.1, 0.15) is 174 Å². The predicted molar refractivity (Wildman–Crippen MR) is 218 cm³/mol. The summed E-state index contributed by atoms with van der Waals surface area (Å²) in [6.07, 6.45) is 22.6. The minimum Gasteiger partial charge on any atom is -0.308 e. The monoisotopic (exact) mass is 703 g/mol. The molecule has 2 heterocycles. The van der Waals surface area contributed by atoms with E-state index in [-0.39, 0.29) is 27.1 Å². The highest BCUT2D eigenvalue weighted by atomic mass is 14.9. The Balaban J connectivity index is 1.31. The van der Waals surface area contributed by atoms with Gasteiger partial charge in [0.25, 0.3) is 0 Å². The van der Waals surface area contributed by atoms with Crippen LogP contribution < -0.4 is 0 Å². The topological polar surface area (TPSA) is 52.0 Å². The van der Waals surface area contributed by atoms with Gasteiger partial charge in [-0.05, 0) is 149 Å². The first kappa shape index (κ1) is 30.9. The molecule has 4 spiro atoms. The van der Waals surface area contributed by atoms with Gasteiger partial charge in [0.1, 0.15) is 0 Å². The second-order valence-corrected chi connectivity index (χ2v) is 20.2. The Kier molecular flexibility index (Phi) is 5.56. The van der Waals surface area contributed by atoms with Crippen molar-refractivity contribution < 1.29 is 0 Å². The van der Waals surface area contributed by atoms with Gasteiger partial charge in [0.2, 0.25) is 0 Å². The second-order valence-electron chi connectivity index (χ2n) is 20.2. The molecule has 268 valence electrons. The lowest BCUT2D eigenvalue weighted by molar-refractivity contribution is 0.324. The SMILES string of the molecule is CC1(C)c2ccccc2-c2c1cc1c3c4c(c(C#N)cc3n3c5cc(C#N)c6c(c5c2c13)C1(CCCC1)CC61CCCC1)C1(CCCC1)CC41CCCC1. The summed E-state index contributed by atoms with van der Waals surface area (Å²) in [5, 5.41) is 28.1. The number of nitriles is 2. The summed E-state index contributed by atoms with van der Waals surface area (Å²) in [5.41, 5.74) is 17.9. The molecule has 0 N–H and O–H groups in total. The van der Waals surface area contributed by atoms with Crippen molar-refractivity contribution in [3.8, 4) is 23.3 Å². The molecular formula is C51H49N3. The highest BCUT2D eigenvalue weighted by Gasteiger charge is 2.58. The van der Waals surface area contributed by atoms with Crippen molar-refractivity contribution in [2.75, 3.05) is 0 Å². The van der Waals surface area contributed by atoms with Crippen LogP contribution in [-0.2, 0) is 27.1 Å². The van der Waals surface area contributed by atoms with Gasteiger partial charge in [0, 0.05) is 27.0 Å². The fraction of sp³-hybridized carbons (Fsp3) is 0.490. The largest absolute Gasteiger partial charge is 0.308 e. The first-order valence-electron chi connectivity index (χ1n) is 21.7. The van der Waals surface area contributed by atoms with Gasteiger partial charge < -0.3 is 4.40 Å². The standard InChI is InChI=1S/C51H49N3/c1-47(2)34-14-4-3-13-32(34)38-35(47)25-33-39-36(23-30(26-52)42-44(39)50(19-9-10-20-50)28-48(42)15-5-6-16-48)54-37-24-31(27-53)43-45(40(37)41(38)46(33)54)51(21-11-12-22-51)29-49(43)17-7-8-18-49/h3-4,13-14,23-25H,5-12,15-22,28-29H2,1-2H3. The Bertz CT molecular complexity index is 2780. The van der Waals surface area contributed by atoms with Gasteiger partial charge in [-0.25, -0.2) is 0 Å². The molecule has 0 aliphatic heterocycles. The van der Waals surface area contributed by atoms with E-state index in [2.05, 4.69) is 72.9 Å². The number of hydrogen-bond acceptors (Lipinski definition) is 2. The third-order valence-corrected chi connectivity index (χ3v) is 17.6. The van der Waals surface area contributed by atoms with E-state index in [0.29, 0.717) is 0 Å². The molecule has 0 bridgehead atoms. The Hall–Kier alpha value is -4.34. The van der Waals surface area contributed by atoms with Gasteiger partial charge in [0.15, 0.2) is 0 Å². The number of benzene rings is 4. The van der Waals surface area contributed by atoms with Crippen LogP contribution in [0.2, 0.25) is 0 Å². The van der Waals surface area contributed by atoms with Crippen LogP contribution in [0.5, 0.6) is 0 Å². The smallest absolute Gasteiger partial charge is 0.0995 e. The van der Waals surface area contributed by atoms with E-state index in [9.17, 15) is 10.5 Å². The lowest BCUT2D eigenvalue weighted by Gasteiger charge is -2.29. The molecule has 0 unspecified atom stereocenters. The summed E-state index contributed by atoms with van der Waals surface area (Å²) in [6.45, 7) is 4.93. The molecule has 3 heteroatoms. The molecular weight excluding hydrogens is 655 g/mol. The molecule has 4 aromatic carbocycles. The van der Waals surface area contributed by atoms with Crippen LogP contribution in [0, 0.1) is 22.7 Å². The number of nitrogens with zero attached hydrogens (tertiary/aromatic N) is 3. The molecule has 0 radical (unpaired) electrons. The van der Waals surface area contributed by atoms with Crippen LogP contribution in [0.3, 0.4) is 0 Å². The fourth-order valence-electron chi connectivity index (χ4n) is 16.0. The zero-order valence-electron chi connectivity index (χ0n) is 32.1. The molecule has 0 saturated heterocycles. The normalized spacial score (nSPS) is 24.2. The third-order valence-electron chi connectivity index (χ3n) is 17.6. The molecule has 54 heavy (non-hydrogen) atoms. The summed E-state index contributed by atoms with van der Waals surface area (Å²) in [4.78, 5) is 0. The molecule has 4 fully saturated rings. The Labute approximate surface area is 318 Å².